The molecule has 44 valence electrons. The quantitative estimate of drug-likeness (QED) is 0.541. The first kappa shape index (κ1) is 6.48. The number of aromatic nitrogens is 1. The van der Waals surface area contributed by atoms with Crippen LogP contribution in [0.5, 0.6) is 0 Å². The first-order chi connectivity index (χ1) is 3.83. The molecular weight excluding hydrogens is 233 g/mol. The van der Waals surface area contributed by atoms with Gasteiger partial charge in [0.2, 0.25) is 0 Å². The van der Waals surface area contributed by atoms with Crippen LogP contribution in [0.15, 0.2) is 5.38 Å². The summed E-state index contributed by atoms with van der Waals surface area (Å²) in [4.78, 5) is 4.24. The van der Waals surface area contributed by atoms with Gasteiger partial charge in [-0.15, -0.1) is 11.3 Å². The Morgan fingerprint density at radius 1 is 1.88 bits per heavy atom. The molecule has 0 unspecified atom stereocenters. The average molecular weight is 239 g/mol. The number of rotatable bonds is 1. The second-order valence-electron chi connectivity index (χ2n) is 1.52. The van der Waals surface area contributed by atoms with Crippen molar-refractivity contribution >= 4 is 33.9 Å². The van der Waals surface area contributed by atoms with E-state index in [-0.39, 0.29) is 0 Å². The minimum Gasteiger partial charge on any atom is -0.246 e. The zero-order chi connectivity index (χ0) is 5.98. The zero-order valence-electron chi connectivity index (χ0n) is 4.52. The van der Waals surface area contributed by atoms with E-state index in [4.69, 9.17) is 0 Å². The molecule has 3 heteroatoms. The van der Waals surface area contributed by atoms with Gasteiger partial charge in [0.15, 0.2) is 0 Å². The summed E-state index contributed by atoms with van der Waals surface area (Å²) < 4.78 is 1.04. The van der Waals surface area contributed by atoms with Crippen molar-refractivity contribution in [2.24, 2.45) is 0 Å². The third-order valence-corrected chi connectivity index (χ3v) is 2.99. The minimum atomic E-state index is 1.04. The van der Waals surface area contributed by atoms with Crippen molar-refractivity contribution in [2.75, 3.05) is 0 Å². The summed E-state index contributed by atoms with van der Waals surface area (Å²) in [6.07, 6.45) is 0. The lowest BCUT2D eigenvalue weighted by atomic mass is 10.6. The molecule has 0 radical (unpaired) electrons. The van der Waals surface area contributed by atoms with Crippen molar-refractivity contribution in [1.82, 2.24) is 4.98 Å². The molecule has 0 aromatic carbocycles. The molecule has 0 amide bonds. The molecule has 0 aliphatic heterocycles. The molecule has 0 aliphatic rings. The Morgan fingerprint density at radius 2 is 2.62 bits per heavy atom. The van der Waals surface area contributed by atoms with E-state index < -0.39 is 0 Å². The summed E-state index contributed by atoms with van der Waals surface area (Å²) in [7, 11) is 0. The van der Waals surface area contributed by atoms with Crippen LogP contribution < -0.4 is 0 Å². The number of hydrogen-bond acceptors (Lipinski definition) is 2. The Morgan fingerprint density at radius 3 is 2.88 bits per heavy atom. The van der Waals surface area contributed by atoms with Crippen LogP contribution in [0.2, 0.25) is 0 Å². The summed E-state index contributed by atoms with van der Waals surface area (Å²) in [5, 5.41) is 3.30. The molecule has 0 spiro atoms. The normalized spacial score (nSPS) is 9.75. The maximum atomic E-state index is 4.24. The fourth-order valence-corrected chi connectivity index (χ4v) is 1.79. The second-order valence-corrected chi connectivity index (χ2v) is 3.22. The Kier molecular flexibility index (Phi) is 2.25. The first-order valence-corrected chi connectivity index (χ1v) is 4.70. The van der Waals surface area contributed by atoms with E-state index in [1.54, 1.807) is 11.3 Å². The van der Waals surface area contributed by atoms with E-state index in [2.05, 4.69) is 33.0 Å². The van der Waals surface area contributed by atoms with Crippen LogP contribution in [0.25, 0.3) is 0 Å². The Bertz CT molecular complexity index is 173. The minimum absolute atomic E-state index is 1.04. The lowest BCUT2D eigenvalue weighted by molar-refractivity contribution is 1.20. The van der Waals surface area contributed by atoms with E-state index in [9.17, 15) is 0 Å². The van der Waals surface area contributed by atoms with Crippen molar-refractivity contribution in [3.8, 4) is 0 Å². The van der Waals surface area contributed by atoms with Gasteiger partial charge in [0.25, 0.3) is 0 Å². The lowest BCUT2D eigenvalue weighted by Gasteiger charge is -1.78. The van der Waals surface area contributed by atoms with Gasteiger partial charge >= 0.3 is 0 Å². The highest BCUT2D eigenvalue weighted by Crippen LogP contribution is 2.11. The standard InChI is InChI=1S/C5H6INS/c1-4-3-8-5(2-6)7-4/h3H,2H2,1H3. The van der Waals surface area contributed by atoms with Crippen molar-refractivity contribution in [2.45, 2.75) is 11.4 Å². The van der Waals surface area contributed by atoms with E-state index in [0.717, 1.165) is 10.1 Å². The van der Waals surface area contributed by atoms with E-state index >= 15 is 0 Å². The molecule has 1 aromatic heterocycles. The largest absolute Gasteiger partial charge is 0.246 e. The van der Waals surface area contributed by atoms with Crippen LogP contribution in [-0.4, -0.2) is 4.98 Å². The number of halogens is 1. The third kappa shape index (κ3) is 1.42. The van der Waals surface area contributed by atoms with Gasteiger partial charge in [-0.1, -0.05) is 22.6 Å². The number of aryl methyl sites for hydroxylation is 1. The van der Waals surface area contributed by atoms with E-state index in [0.29, 0.717) is 0 Å². The molecular formula is C5H6INS. The van der Waals surface area contributed by atoms with Crippen molar-refractivity contribution in [3.05, 3.63) is 16.1 Å². The molecule has 0 saturated heterocycles. The third-order valence-electron chi connectivity index (χ3n) is 0.781. The summed E-state index contributed by atoms with van der Waals surface area (Å²) in [6.45, 7) is 2.02. The smallest absolute Gasteiger partial charge is 0.103 e. The zero-order valence-corrected chi connectivity index (χ0v) is 7.49. The first-order valence-electron chi connectivity index (χ1n) is 2.30. The fourth-order valence-electron chi connectivity index (χ4n) is 0.464. The SMILES string of the molecule is Cc1csc(CI)n1. The lowest BCUT2D eigenvalue weighted by Crippen LogP contribution is -1.72. The molecule has 0 saturated carbocycles. The number of nitrogens with zero attached hydrogens (tertiary/aromatic N) is 1. The molecule has 1 nitrogen and oxygen atoms in total. The highest BCUT2D eigenvalue weighted by atomic mass is 127. The number of hydrogen-bond donors (Lipinski definition) is 0. The number of alkyl halides is 1. The van der Waals surface area contributed by atoms with Crippen LogP contribution in [0.4, 0.5) is 0 Å². The molecule has 0 aliphatic carbocycles. The van der Waals surface area contributed by atoms with Crippen LogP contribution >= 0.6 is 33.9 Å². The predicted octanol–water partition coefficient (Wildman–Crippen LogP) is 2.39. The van der Waals surface area contributed by atoms with Crippen LogP contribution in [0.3, 0.4) is 0 Å². The van der Waals surface area contributed by atoms with E-state index in [1.807, 2.05) is 6.92 Å². The average Bonchev–Trinajstić information content (AvgIpc) is 2.14. The molecule has 0 fully saturated rings. The van der Waals surface area contributed by atoms with Gasteiger partial charge in [0.05, 0.1) is 4.43 Å². The fraction of sp³-hybridized carbons (Fsp3) is 0.400. The van der Waals surface area contributed by atoms with Gasteiger partial charge in [0, 0.05) is 11.1 Å². The highest BCUT2D eigenvalue weighted by molar-refractivity contribution is 14.1. The molecule has 0 atom stereocenters. The maximum Gasteiger partial charge on any atom is 0.103 e. The highest BCUT2D eigenvalue weighted by Gasteiger charge is 1.92. The van der Waals surface area contributed by atoms with Gasteiger partial charge in [0.1, 0.15) is 5.01 Å². The Hall–Kier alpha value is 0.360. The van der Waals surface area contributed by atoms with E-state index in [1.165, 1.54) is 5.01 Å². The monoisotopic (exact) mass is 239 g/mol. The van der Waals surface area contributed by atoms with Crippen LogP contribution in [0.1, 0.15) is 10.7 Å². The second kappa shape index (κ2) is 2.77. The predicted molar refractivity (Wildman–Crippen MR) is 44.6 cm³/mol. The van der Waals surface area contributed by atoms with Gasteiger partial charge < -0.3 is 0 Å². The van der Waals surface area contributed by atoms with Crippen LogP contribution in [0, 0.1) is 6.92 Å². The maximum absolute atomic E-state index is 4.24. The molecule has 1 heterocycles. The van der Waals surface area contributed by atoms with Gasteiger partial charge in [-0.05, 0) is 6.92 Å². The summed E-state index contributed by atoms with van der Waals surface area (Å²) >= 11 is 4.05. The Labute approximate surface area is 66.3 Å². The van der Waals surface area contributed by atoms with Gasteiger partial charge in [-0.3, -0.25) is 0 Å². The molecule has 1 aromatic rings. The Balaban J connectivity index is 2.84. The van der Waals surface area contributed by atoms with Crippen molar-refractivity contribution < 1.29 is 0 Å². The summed E-state index contributed by atoms with van der Waals surface area (Å²) in [5.74, 6) is 0. The van der Waals surface area contributed by atoms with Gasteiger partial charge in [-0.2, -0.15) is 0 Å². The summed E-state index contributed by atoms with van der Waals surface area (Å²) in [6, 6.07) is 0. The van der Waals surface area contributed by atoms with Crippen molar-refractivity contribution in [3.63, 3.8) is 0 Å². The summed E-state index contributed by atoms with van der Waals surface area (Å²) in [5.41, 5.74) is 1.14. The van der Waals surface area contributed by atoms with Crippen molar-refractivity contribution in [1.29, 1.82) is 0 Å². The molecule has 1 rings (SSSR count). The van der Waals surface area contributed by atoms with Crippen LogP contribution in [-0.2, 0) is 4.43 Å². The number of thiazole rings is 1. The topological polar surface area (TPSA) is 12.9 Å². The molecule has 0 bridgehead atoms. The van der Waals surface area contributed by atoms with Gasteiger partial charge in [-0.25, -0.2) is 4.98 Å². The molecule has 0 N–H and O–H groups in total. The molecule has 8 heavy (non-hydrogen) atoms.